The molecule has 0 bridgehead atoms. The maximum atomic E-state index is 13.2. The van der Waals surface area contributed by atoms with Gasteiger partial charge in [-0.3, -0.25) is 9.59 Å². The van der Waals surface area contributed by atoms with Crippen LogP contribution in [0.3, 0.4) is 0 Å². The van der Waals surface area contributed by atoms with Crippen molar-refractivity contribution in [2.45, 2.75) is 51.6 Å². The van der Waals surface area contributed by atoms with Crippen LogP contribution in [-0.2, 0) is 20.7 Å². The molecule has 2 aliphatic rings. The van der Waals surface area contributed by atoms with Crippen molar-refractivity contribution in [2.24, 2.45) is 17.3 Å². The summed E-state index contributed by atoms with van der Waals surface area (Å²) in [6, 6.07) is 4.12. The van der Waals surface area contributed by atoms with Gasteiger partial charge < -0.3 is 20.1 Å². The molecule has 2 aliphatic carbocycles. The first kappa shape index (κ1) is 22.1. The lowest BCUT2D eigenvalue weighted by Crippen LogP contribution is -2.57. The fourth-order valence-electron chi connectivity index (χ4n) is 4.83. The number of ketones is 1. The number of Topliss-reactive ketones (excluding diaryl/α,β-unsaturated/α-hetero) is 1. The molecule has 0 unspecified atom stereocenters. The van der Waals surface area contributed by atoms with Crippen LogP contribution in [0.4, 0.5) is 0 Å². The standard InChI is InChI=1S/C24H30O6/c1-15-4-6-18-17(12-15)8-10-23(2,29)24(18,3)21(27)9-11-30-22(28)14-16-5-7-19(25)20(26)13-16/h5,7-8,10,13,17-18,25-26,29H,1,4,6,9,11-12,14H2,2-3H3/t17-,18-,23+,24-/m0/s1. The van der Waals surface area contributed by atoms with Crippen molar-refractivity contribution in [3.8, 4) is 11.5 Å². The third-order valence-corrected chi connectivity index (χ3v) is 6.87. The van der Waals surface area contributed by atoms with E-state index in [2.05, 4.69) is 6.58 Å². The minimum absolute atomic E-state index is 0.0196. The summed E-state index contributed by atoms with van der Waals surface area (Å²) in [7, 11) is 0. The molecule has 30 heavy (non-hydrogen) atoms. The molecule has 3 N–H and O–H groups in total. The second kappa shape index (κ2) is 8.26. The van der Waals surface area contributed by atoms with Crippen LogP contribution in [-0.4, -0.2) is 39.3 Å². The first-order valence-corrected chi connectivity index (χ1v) is 10.3. The zero-order valence-corrected chi connectivity index (χ0v) is 17.6. The van der Waals surface area contributed by atoms with Crippen molar-refractivity contribution in [1.82, 2.24) is 0 Å². The molecule has 1 fully saturated rings. The number of hydrogen-bond acceptors (Lipinski definition) is 6. The zero-order valence-electron chi connectivity index (χ0n) is 17.6. The molecule has 1 saturated carbocycles. The van der Waals surface area contributed by atoms with Gasteiger partial charge in [-0.25, -0.2) is 0 Å². The number of phenolic OH excluding ortho intramolecular Hbond substituents is 2. The Morgan fingerprint density at radius 1 is 1.23 bits per heavy atom. The minimum atomic E-state index is -1.27. The van der Waals surface area contributed by atoms with Crippen LogP contribution in [0.2, 0.25) is 0 Å². The highest BCUT2D eigenvalue weighted by atomic mass is 16.5. The average Bonchev–Trinajstić information content (AvgIpc) is 2.67. The monoisotopic (exact) mass is 414 g/mol. The number of hydrogen-bond donors (Lipinski definition) is 3. The number of esters is 1. The van der Waals surface area contributed by atoms with Crippen molar-refractivity contribution in [3.63, 3.8) is 0 Å². The molecule has 4 atom stereocenters. The summed E-state index contributed by atoms with van der Waals surface area (Å²) >= 11 is 0. The van der Waals surface area contributed by atoms with E-state index in [0.717, 1.165) is 19.3 Å². The molecule has 0 heterocycles. The zero-order chi connectivity index (χ0) is 22.1. The van der Waals surface area contributed by atoms with Gasteiger partial charge in [-0.2, -0.15) is 0 Å². The van der Waals surface area contributed by atoms with E-state index in [1.165, 1.54) is 23.8 Å². The predicted molar refractivity (Wildman–Crippen MR) is 112 cm³/mol. The summed E-state index contributed by atoms with van der Waals surface area (Å²) in [5, 5.41) is 29.9. The molecule has 1 aromatic rings. The third-order valence-electron chi connectivity index (χ3n) is 6.87. The number of carbonyl (C=O) groups is 2. The van der Waals surface area contributed by atoms with Crippen molar-refractivity contribution in [1.29, 1.82) is 0 Å². The molecule has 6 heteroatoms. The summed E-state index contributed by atoms with van der Waals surface area (Å²) in [4.78, 5) is 25.3. The number of carbonyl (C=O) groups excluding carboxylic acids is 2. The molecule has 3 rings (SSSR count). The van der Waals surface area contributed by atoms with Gasteiger partial charge in [0.2, 0.25) is 0 Å². The minimum Gasteiger partial charge on any atom is -0.504 e. The van der Waals surface area contributed by atoms with Crippen molar-refractivity contribution in [2.75, 3.05) is 6.61 Å². The van der Waals surface area contributed by atoms with Gasteiger partial charge in [0, 0.05) is 6.42 Å². The highest BCUT2D eigenvalue weighted by Gasteiger charge is 2.56. The van der Waals surface area contributed by atoms with Crippen LogP contribution in [0, 0.1) is 17.3 Å². The van der Waals surface area contributed by atoms with Gasteiger partial charge in [0.25, 0.3) is 0 Å². The van der Waals surface area contributed by atoms with E-state index in [9.17, 15) is 24.9 Å². The Kier molecular flexibility index (Phi) is 6.09. The molecule has 1 aromatic carbocycles. The Balaban J connectivity index is 1.61. The normalized spacial score (nSPS) is 30.6. The highest BCUT2D eigenvalue weighted by molar-refractivity contribution is 5.87. The summed E-state index contributed by atoms with van der Waals surface area (Å²) in [5.74, 6) is -1.00. The van der Waals surface area contributed by atoms with E-state index in [1.54, 1.807) is 13.0 Å². The first-order chi connectivity index (χ1) is 14.0. The summed E-state index contributed by atoms with van der Waals surface area (Å²) in [5.41, 5.74) is -0.551. The number of benzene rings is 1. The average molecular weight is 414 g/mol. The Labute approximate surface area is 176 Å². The number of aliphatic hydroxyl groups is 1. The molecule has 162 valence electrons. The molecular weight excluding hydrogens is 384 g/mol. The van der Waals surface area contributed by atoms with E-state index in [4.69, 9.17) is 4.74 Å². The third kappa shape index (κ3) is 4.15. The molecule has 0 amide bonds. The molecule has 0 saturated heterocycles. The summed E-state index contributed by atoms with van der Waals surface area (Å²) in [6.45, 7) is 7.51. The molecule has 0 aromatic heterocycles. The van der Waals surface area contributed by atoms with E-state index < -0.39 is 17.0 Å². The van der Waals surface area contributed by atoms with Crippen LogP contribution in [0.25, 0.3) is 0 Å². The molecule has 6 nitrogen and oxygen atoms in total. The molecule has 0 aliphatic heterocycles. The van der Waals surface area contributed by atoms with E-state index in [-0.39, 0.29) is 48.6 Å². The fourth-order valence-corrected chi connectivity index (χ4v) is 4.83. The SMILES string of the molecule is C=C1CC[C@H]2[C@@H](C=C[C@@](C)(O)[C@]2(C)C(=O)CCOC(=O)Cc2ccc(O)c(O)c2)C1. The van der Waals surface area contributed by atoms with Gasteiger partial charge in [-0.1, -0.05) is 30.4 Å². The highest BCUT2D eigenvalue weighted by Crippen LogP contribution is 2.53. The van der Waals surface area contributed by atoms with E-state index in [1.807, 2.05) is 13.0 Å². The van der Waals surface area contributed by atoms with Crippen LogP contribution in [0.1, 0.15) is 45.1 Å². The smallest absolute Gasteiger partial charge is 0.310 e. The van der Waals surface area contributed by atoms with Gasteiger partial charge >= 0.3 is 5.97 Å². The number of aromatic hydroxyl groups is 2. The van der Waals surface area contributed by atoms with Crippen LogP contribution < -0.4 is 0 Å². The van der Waals surface area contributed by atoms with Crippen LogP contribution in [0.15, 0.2) is 42.5 Å². The largest absolute Gasteiger partial charge is 0.504 e. The van der Waals surface area contributed by atoms with Crippen molar-refractivity contribution < 1.29 is 29.6 Å². The lowest BCUT2D eigenvalue weighted by molar-refractivity contribution is -0.154. The maximum Gasteiger partial charge on any atom is 0.310 e. The Morgan fingerprint density at radius 2 is 1.97 bits per heavy atom. The number of rotatable bonds is 6. The van der Waals surface area contributed by atoms with Gasteiger partial charge in [-0.05, 0) is 62.6 Å². The number of allylic oxidation sites excluding steroid dienone is 2. The number of phenols is 2. The number of fused-ring (bicyclic) bond motifs is 1. The molecular formula is C24H30O6. The molecule has 0 radical (unpaired) electrons. The lowest BCUT2D eigenvalue weighted by Gasteiger charge is -2.52. The topological polar surface area (TPSA) is 104 Å². The second-order valence-corrected chi connectivity index (χ2v) is 8.87. The number of ether oxygens (including phenoxy) is 1. The lowest BCUT2D eigenvalue weighted by atomic mass is 9.52. The Hall–Kier alpha value is -2.60. The van der Waals surface area contributed by atoms with Crippen LogP contribution >= 0.6 is 0 Å². The molecule has 0 spiro atoms. The van der Waals surface area contributed by atoms with Gasteiger partial charge in [0.05, 0.1) is 24.0 Å². The van der Waals surface area contributed by atoms with Gasteiger partial charge in [0.1, 0.15) is 5.78 Å². The van der Waals surface area contributed by atoms with Gasteiger partial charge in [-0.15, -0.1) is 0 Å². The summed E-state index contributed by atoms with van der Waals surface area (Å²) in [6.07, 6.45) is 6.17. The van der Waals surface area contributed by atoms with Gasteiger partial charge in [0.15, 0.2) is 11.5 Å². The van der Waals surface area contributed by atoms with Crippen LogP contribution in [0.5, 0.6) is 11.5 Å². The quantitative estimate of drug-likeness (QED) is 0.374. The summed E-state index contributed by atoms with van der Waals surface area (Å²) < 4.78 is 5.23. The van der Waals surface area contributed by atoms with Crippen molar-refractivity contribution >= 4 is 11.8 Å². The Morgan fingerprint density at radius 3 is 2.67 bits per heavy atom. The van der Waals surface area contributed by atoms with E-state index in [0.29, 0.717) is 5.56 Å². The van der Waals surface area contributed by atoms with Crippen molar-refractivity contribution in [3.05, 3.63) is 48.1 Å². The maximum absolute atomic E-state index is 13.2. The fraction of sp³-hybridized carbons (Fsp3) is 0.500. The predicted octanol–water partition coefficient (Wildman–Crippen LogP) is 3.44. The van der Waals surface area contributed by atoms with E-state index >= 15 is 0 Å². The Bertz CT molecular complexity index is 884. The second-order valence-electron chi connectivity index (χ2n) is 8.87. The first-order valence-electron chi connectivity index (χ1n) is 10.3.